The van der Waals surface area contributed by atoms with Crippen LogP contribution in [0.3, 0.4) is 0 Å². The molecule has 0 saturated carbocycles. The Hall–Kier alpha value is -3.95. The summed E-state index contributed by atoms with van der Waals surface area (Å²) in [7, 11) is 0. The molecule has 1 amide bonds. The molecule has 0 atom stereocenters. The predicted molar refractivity (Wildman–Crippen MR) is 135 cm³/mol. The van der Waals surface area contributed by atoms with Crippen molar-refractivity contribution >= 4 is 22.8 Å². The van der Waals surface area contributed by atoms with E-state index in [-0.39, 0.29) is 5.91 Å². The molecule has 1 fully saturated rings. The van der Waals surface area contributed by atoms with Crippen molar-refractivity contribution < 1.29 is 14.3 Å². The number of carbonyl (C=O) groups is 1. The molecule has 0 bridgehead atoms. The molecule has 1 aliphatic heterocycles. The van der Waals surface area contributed by atoms with Gasteiger partial charge in [-0.15, -0.1) is 0 Å². The zero-order chi connectivity index (χ0) is 24.2. The lowest BCUT2D eigenvalue weighted by Crippen LogP contribution is -2.46. The van der Waals surface area contributed by atoms with Crippen molar-refractivity contribution in [3.05, 3.63) is 67.1 Å². The van der Waals surface area contributed by atoms with Gasteiger partial charge in [-0.1, -0.05) is 30.3 Å². The normalized spacial score (nSPS) is 14.2. The molecule has 0 unspecified atom stereocenters. The lowest BCUT2D eigenvalue weighted by molar-refractivity contribution is -0.118. The van der Waals surface area contributed by atoms with Gasteiger partial charge in [0.2, 0.25) is 5.91 Å². The minimum atomic E-state index is -0.0782. The Morgan fingerprint density at radius 2 is 1.77 bits per heavy atom. The first-order valence-corrected chi connectivity index (χ1v) is 11.6. The van der Waals surface area contributed by atoms with Crippen LogP contribution in [-0.4, -0.2) is 64.8 Å². The zero-order valence-electron chi connectivity index (χ0n) is 19.6. The number of hydrogen-bond acceptors (Lipinski definition) is 7. The highest BCUT2D eigenvalue weighted by molar-refractivity contribution is 6.01. The number of benzene rings is 2. The predicted octanol–water partition coefficient (Wildman–Crippen LogP) is 3.29. The average Bonchev–Trinajstić information content (AvgIpc) is 3.26. The third-order valence-electron chi connectivity index (χ3n) is 6.09. The highest BCUT2D eigenvalue weighted by Gasteiger charge is 2.22. The number of ether oxygens (including phenoxy) is 2. The maximum Gasteiger partial charge on any atom is 0.238 e. The molecule has 2 N–H and O–H groups in total. The van der Waals surface area contributed by atoms with E-state index in [2.05, 4.69) is 14.9 Å². The Labute approximate surface area is 203 Å². The molecule has 0 aliphatic carbocycles. The van der Waals surface area contributed by atoms with Gasteiger partial charge in [-0.3, -0.25) is 9.69 Å². The Morgan fingerprint density at radius 3 is 2.49 bits per heavy atom. The topological polar surface area (TPSA) is 98.7 Å². The molecule has 180 valence electrons. The van der Waals surface area contributed by atoms with Crippen molar-refractivity contribution in [3.63, 3.8) is 0 Å². The lowest BCUT2D eigenvalue weighted by atomic mass is 10.1. The van der Waals surface area contributed by atoms with Crippen LogP contribution in [0.2, 0.25) is 0 Å². The smallest absolute Gasteiger partial charge is 0.238 e. The third kappa shape index (κ3) is 4.96. The molecule has 1 saturated heterocycles. The van der Waals surface area contributed by atoms with Gasteiger partial charge in [-0.05, 0) is 29.8 Å². The van der Waals surface area contributed by atoms with Gasteiger partial charge in [0, 0.05) is 38.3 Å². The molecule has 2 aromatic heterocycles. The summed E-state index contributed by atoms with van der Waals surface area (Å²) in [5.41, 5.74) is 8.66. The Balaban J connectivity index is 1.46. The van der Waals surface area contributed by atoms with Crippen LogP contribution in [0.4, 0.5) is 5.82 Å². The number of fused-ring (bicyclic) bond motifs is 1. The van der Waals surface area contributed by atoms with Gasteiger partial charge in [0.1, 0.15) is 23.6 Å². The highest BCUT2D eigenvalue weighted by Crippen LogP contribution is 2.34. The summed E-state index contributed by atoms with van der Waals surface area (Å²) >= 11 is 0. The van der Waals surface area contributed by atoms with Gasteiger partial charge in [0.25, 0.3) is 0 Å². The minimum absolute atomic E-state index is 0.0782. The van der Waals surface area contributed by atoms with Gasteiger partial charge < -0.3 is 15.2 Å². The average molecular weight is 473 g/mol. The Bertz CT molecular complexity index is 1300. The van der Waals surface area contributed by atoms with Gasteiger partial charge in [-0.2, -0.15) is 0 Å². The van der Waals surface area contributed by atoms with E-state index < -0.39 is 0 Å². The number of hydrogen-bond donors (Lipinski definition) is 1. The van der Waals surface area contributed by atoms with E-state index >= 15 is 0 Å². The minimum Gasteiger partial charge on any atom is -0.457 e. The first-order valence-electron chi connectivity index (χ1n) is 11.6. The van der Waals surface area contributed by atoms with Crippen molar-refractivity contribution in [2.75, 3.05) is 50.1 Å². The van der Waals surface area contributed by atoms with E-state index in [1.807, 2.05) is 60.8 Å². The van der Waals surface area contributed by atoms with Crippen LogP contribution < -0.4 is 15.5 Å². The first kappa shape index (κ1) is 22.8. The molecule has 0 radical (unpaired) electrons. The van der Waals surface area contributed by atoms with E-state index in [0.29, 0.717) is 36.6 Å². The molecule has 3 heterocycles. The standard InChI is InChI=1S/C26H28N6O3/c1-19(33)31(12-11-30-13-15-34-16-14-30)32-17-23(24-25(27)28-18-29-26(24)32)20-7-9-22(10-8-20)35-21-5-3-2-4-6-21/h2-10,17-18H,11-16H2,1H3,(H2,27,28,29). The quantitative estimate of drug-likeness (QED) is 0.441. The van der Waals surface area contributed by atoms with Crippen LogP contribution >= 0.6 is 0 Å². The van der Waals surface area contributed by atoms with Crippen molar-refractivity contribution in [1.29, 1.82) is 0 Å². The van der Waals surface area contributed by atoms with Gasteiger partial charge in [0.05, 0.1) is 25.1 Å². The van der Waals surface area contributed by atoms with Crippen LogP contribution in [0.25, 0.3) is 22.2 Å². The lowest BCUT2D eigenvalue weighted by Gasteiger charge is -2.30. The number of anilines is 1. The van der Waals surface area contributed by atoms with E-state index in [4.69, 9.17) is 15.2 Å². The molecule has 9 heteroatoms. The number of nitrogens with two attached hydrogens (primary N) is 1. The van der Waals surface area contributed by atoms with Crippen molar-refractivity contribution in [1.82, 2.24) is 19.5 Å². The summed E-state index contributed by atoms with van der Waals surface area (Å²) in [6.45, 7) is 5.96. The molecule has 0 spiro atoms. The number of morpholine rings is 1. The maximum absolute atomic E-state index is 12.7. The Morgan fingerprint density at radius 1 is 1.06 bits per heavy atom. The number of amides is 1. The van der Waals surface area contributed by atoms with E-state index in [0.717, 1.165) is 42.3 Å². The molecule has 4 aromatic rings. The van der Waals surface area contributed by atoms with E-state index in [1.165, 1.54) is 6.33 Å². The summed E-state index contributed by atoms with van der Waals surface area (Å²) in [6.07, 6.45) is 3.33. The van der Waals surface area contributed by atoms with Crippen molar-refractivity contribution in [3.8, 4) is 22.6 Å². The van der Waals surface area contributed by atoms with E-state index in [9.17, 15) is 4.79 Å². The fourth-order valence-corrected chi connectivity index (χ4v) is 4.28. The number of rotatable bonds is 7. The summed E-state index contributed by atoms with van der Waals surface area (Å²) < 4.78 is 13.2. The van der Waals surface area contributed by atoms with Gasteiger partial charge in [-0.25, -0.2) is 19.7 Å². The van der Waals surface area contributed by atoms with Crippen LogP contribution in [0.5, 0.6) is 11.5 Å². The molecule has 9 nitrogen and oxygen atoms in total. The second kappa shape index (κ2) is 10.1. The molecule has 5 rings (SSSR count). The van der Waals surface area contributed by atoms with Crippen LogP contribution in [0, 0.1) is 0 Å². The highest BCUT2D eigenvalue weighted by atomic mass is 16.5. The molecule has 2 aromatic carbocycles. The summed E-state index contributed by atoms with van der Waals surface area (Å²) in [5, 5.41) is 2.41. The summed E-state index contributed by atoms with van der Waals surface area (Å²) in [4.78, 5) is 23.7. The SMILES string of the molecule is CC(=O)N(CCN1CCOCC1)n1cc(-c2ccc(Oc3ccccc3)cc2)c2c(N)ncnc21. The maximum atomic E-state index is 12.7. The van der Waals surface area contributed by atoms with E-state index in [1.54, 1.807) is 16.6 Å². The van der Waals surface area contributed by atoms with Crippen LogP contribution in [0.15, 0.2) is 67.1 Å². The second-order valence-corrected chi connectivity index (χ2v) is 8.38. The second-order valence-electron chi connectivity index (χ2n) is 8.38. The molecular formula is C26H28N6O3. The summed E-state index contributed by atoms with van der Waals surface area (Å²) in [6, 6.07) is 17.4. The monoisotopic (exact) mass is 472 g/mol. The number of nitrogens with zero attached hydrogens (tertiary/aromatic N) is 5. The summed E-state index contributed by atoms with van der Waals surface area (Å²) in [5.74, 6) is 1.78. The van der Waals surface area contributed by atoms with Gasteiger partial charge >= 0.3 is 0 Å². The first-order chi connectivity index (χ1) is 17.1. The van der Waals surface area contributed by atoms with Crippen LogP contribution in [0.1, 0.15) is 6.92 Å². The largest absolute Gasteiger partial charge is 0.457 e. The number of carbonyl (C=O) groups excluding carboxylic acids is 1. The third-order valence-corrected chi connectivity index (χ3v) is 6.09. The van der Waals surface area contributed by atoms with Crippen LogP contribution in [-0.2, 0) is 9.53 Å². The van der Waals surface area contributed by atoms with Crippen molar-refractivity contribution in [2.24, 2.45) is 0 Å². The Kier molecular flexibility index (Phi) is 6.60. The number of nitrogen functional groups attached to an aromatic ring is 1. The zero-order valence-corrected chi connectivity index (χ0v) is 19.6. The number of para-hydroxylation sites is 1. The molecule has 1 aliphatic rings. The fourth-order valence-electron chi connectivity index (χ4n) is 4.28. The van der Waals surface area contributed by atoms with Gasteiger partial charge in [0.15, 0.2) is 5.65 Å². The van der Waals surface area contributed by atoms with Crippen molar-refractivity contribution in [2.45, 2.75) is 6.92 Å². The molecular weight excluding hydrogens is 444 g/mol. The number of aromatic nitrogens is 3. The molecule has 35 heavy (non-hydrogen) atoms. The fraction of sp³-hybridized carbons (Fsp3) is 0.269.